The van der Waals surface area contributed by atoms with E-state index >= 15 is 0 Å². The quantitative estimate of drug-likeness (QED) is 0.675. The molecular formula is C12H19NO. The number of rotatable bonds is 2. The predicted octanol–water partition coefficient (Wildman–Crippen LogP) is 3.03. The van der Waals surface area contributed by atoms with Gasteiger partial charge in [-0.2, -0.15) is 5.26 Å². The van der Waals surface area contributed by atoms with Gasteiger partial charge in [-0.25, -0.2) is 0 Å². The van der Waals surface area contributed by atoms with Gasteiger partial charge in [-0.05, 0) is 39.0 Å². The number of hydrogen-bond acceptors (Lipinski definition) is 2. The lowest BCUT2D eigenvalue weighted by Crippen LogP contribution is -2.22. The van der Waals surface area contributed by atoms with Crippen molar-refractivity contribution in [2.24, 2.45) is 5.41 Å². The van der Waals surface area contributed by atoms with Crippen molar-refractivity contribution in [1.29, 1.82) is 5.26 Å². The van der Waals surface area contributed by atoms with Gasteiger partial charge < -0.3 is 4.74 Å². The third-order valence-electron chi connectivity index (χ3n) is 3.74. The van der Waals surface area contributed by atoms with Crippen LogP contribution in [-0.4, -0.2) is 12.2 Å². The van der Waals surface area contributed by atoms with Gasteiger partial charge in [-0.15, -0.1) is 0 Å². The summed E-state index contributed by atoms with van der Waals surface area (Å²) in [6, 6.07) is 2.54. The molecule has 0 aromatic rings. The van der Waals surface area contributed by atoms with E-state index in [1.165, 1.54) is 19.3 Å². The highest BCUT2D eigenvalue weighted by Crippen LogP contribution is 2.43. The van der Waals surface area contributed by atoms with Crippen molar-refractivity contribution < 1.29 is 4.74 Å². The molecule has 2 fully saturated rings. The smallest absolute Gasteiger partial charge is 0.0690 e. The van der Waals surface area contributed by atoms with Crippen LogP contribution in [0.5, 0.6) is 0 Å². The summed E-state index contributed by atoms with van der Waals surface area (Å²) in [7, 11) is 0. The van der Waals surface area contributed by atoms with Crippen molar-refractivity contribution in [1.82, 2.24) is 0 Å². The second-order valence-corrected chi connectivity index (χ2v) is 4.95. The summed E-state index contributed by atoms with van der Waals surface area (Å²) in [5.41, 5.74) is -0.0330. The van der Waals surface area contributed by atoms with E-state index in [1.807, 2.05) is 0 Å². The average molecular weight is 193 g/mol. The van der Waals surface area contributed by atoms with Crippen LogP contribution < -0.4 is 0 Å². The molecule has 2 unspecified atom stereocenters. The van der Waals surface area contributed by atoms with E-state index in [0.717, 1.165) is 25.7 Å². The maximum Gasteiger partial charge on any atom is 0.0690 e. The lowest BCUT2D eigenvalue weighted by Gasteiger charge is -2.23. The molecule has 1 saturated heterocycles. The SMILES string of the molecule is CC1CCC(CC2(C#N)CCCC2)O1. The molecule has 1 aliphatic heterocycles. The topological polar surface area (TPSA) is 33.0 Å². The Balaban J connectivity index is 1.92. The maximum atomic E-state index is 9.24. The summed E-state index contributed by atoms with van der Waals surface area (Å²) in [6.07, 6.45) is 8.74. The van der Waals surface area contributed by atoms with Crippen LogP contribution in [0.3, 0.4) is 0 Å². The van der Waals surface area contributed by atoms with E-state index < -0.39 is 0 Å². The van der Waals surface area contributed by atoms with Crippen LogP contribution in [0.1, 0.15) is 51.9 Å². The lowest BCUT2D eigenvalue weighted by molar-refractivity contribution is 0.0327. The molecule has 0 aromatic heterocycles. The Bertz CT molecular complexity index is 237. The van der Waals surface area contributed by atoms with Crippen LogP contribution in [0.15, 0.2) is 0 Å². The number of nitrogens with zero attached hydrogens (tertiary/aromatic N) is 1. The number of ether oxygens (including phenoxy) is 1. The highest BCUT2D eigenvalue weighted by molar-refractivity contribution is 5.03. The summed E-state index contributed by atoms with van der Waals surface area (Å²) >= 11 is 0. The summed E-state index contributed by atoms with van der Waals surface area (Å²) in [5, 5.41) is 9.24. The summed E-state index contributed by atoms with van der Waals surface area (Å²) in [6.45, 7) is 2.13. The average Bonchev–Trinajstić information content (AvgIpc) is 2.77. The molecular weight excluding hydrogens is 174 g/mol. The van der Waals surface area contributed by atoms with Gasteiger partial charge in [0.05, 0.1) is 23.7 Å². The fourth-order valence-electron chi connectivity index (χ4n) is 2.88. The molecule has 1 aliphatic carbocycles. The summed E-state index contributed by atoms with van der Waals surface area (Å²) < 4.78 is 5.80. The minimum absolute atomic E-state index is 0.0330. The van der Waals surface area contributed by atoms with Gasteiger partial charge in [0.1, 0.15) is 0 Å². The van der Waals surface area contributed by atoms with E-state index in [1.54, 1.807) is 0 Å². The van der Waals surface area contributed by atoms with E-state index in [2.05, 4.69) is 13.0 Å². The second kappa shape index (κ2) is 3.90. The zero-order valence-electron chi connectivity index (χ0n) is 8.96. The van der Waals surface area contributed by atoms with Crippen molar-refractivity contribution in [2.45, 2.75) is 64.1 Å². The third-order valence-corrected chi connectivity index (χ3v) is 3.74. The Kier molecular flexibility index (Phi) is 2.78. The third kappa shape index (κ3) is 1.93. The minimum Gasteiger partial charge on any atom is -0.375 e. The number of nitriles is 1. The van der Waals surface area contributed by atoms with Gasteiger partial charge in [0.2, 0.25) is 0 Å². The van der Waals surface area contributed by atoms with Gasteiger partial charge >= 0.3 is 0 Å². The van der Waals surface area contributed by atoms with Crippen LogP contribution in [0.25, 0.3) is 0 Å². The molecule has 2 rings (SSSR count). The lowest BCUT2D eigenvalue weighted by atomic mass is 9.82. The second-order valence-electron chi connectivity index (χ2n) is 4.95. The molecule has 2 nitrogen and oxygen atoms in total. The zero-order valence-corrected chi connectivity index (χ0v) is 8.96. The molecule has 2 aliphatic rings. The van der Waals surface area contributed by atoms with E-state index in [9.17, 15) is 5.26 Å². The predicted molar refractivity (Wildman–Crippen MR) is 54.7 cm³/mol. The van der Waals surface area contributed by atoms with Crippen molar-refractivity contribution in [2.75, 3.05) is 0 Å². The van der Waals surface area contributed by atoms with Crippen molar-refractivity contribution in [3.8, 4) is 6.07 Å². The Morgan fingerprint density at radius 1 is 1.36 bits per heavy atom. The standard InChI is InChI=1S/C12H19NO/c1-10-4-5-11(14-10)8-12(9-13)6-2-3-7-12/h10-11H,2-8H2,1H3. The van der Waals surface area contributed by atoms with Gasteiger partial charge in [0.25, 0.3) is 0 Å². The van der Waals surface area contributed by atoms with Gasteiger partial charge in [0.15, 0.2) is 0 Å². The molecule has 0 N–H and O–H groups in total. The molecule has 0 aromatic carbocycles. The Morgan fingerprint density at radius 2 is 2.07 bits per heavy atom. The summed E-state index contributed by atoms with van der Waals surface area (Å²) in [5.74, 6) is 0. The normalized spacial score (nSPS) is 35.7. The van der Waals surface area contributed by atoms with E-state index in [-0.39, 0.29) is 5.41 Å². The molecule has 2 atom stereocenters. The first kappa shape index (κ1) is 9.98. The van der Waals surface area contributed by atoms with Gasteiger partial charge in [-0.1, -0.05) is 12.8 Å². The molecule has 78 valence electrons. The van der Waals surface area contributed by atoms with Crippen LogP contribution in [-0.2, 0) is 4.74 Å². The van der Waals surface area contributed by atoms with E-state index in [4.69, 9.17) is 4.74 Å². The Hall–Kier alpha value is -0.550. The molecule has 14 heavy (non-hydrogen) atoms. The molecule has 0 bridgehead atoms. The maximum absolute atomic E-state index is 9.24. The van der Waals surface area contributed by atoms with Crippen LogP contribution in [0.2, 0.25) is 0 Å². The Morgan fingerprint density at radius 3 is 2.57 bits per heavy atom. The van der Waals surface area contributed by atoms with Crippen molar-refractivity contribution in [3.05, 3.63) is 0 Å². The first-order chi connectivity index (χ1) is 6.74. The first-order valence-corrected chi connectivity index (χ1v) is 5.81. The van der Waals surface area contributed by atoms with E-state index in [0.29, 0.717) is 12.2 Å². The van der Waals surface area contributed by atoms with Crippen LogP contribution in [0.4, 0.5) is 0 Å². The molecule has 0 radical (unpaired) electrons. The Labute approximate surface area is 86.2 Å². The van der Waals surface area contributed by atoms with Crippen molar-refractivity contribution >= 4 is 0 Å². The fraction of sp³-hybridized carbons (Fsp3) is 0.917. The van der Waals surface area contributed by atoms with Crippen LogP contribution in [0, 0.1) is 16.7 Å². The minimum atomic E-state index is -0.0330. The number of hydrogen-bond donors (Lipinski definition) is 0. The first-order valence-electron chi connectivity index (χ1n) is 5.81. The molecule has 0 amide bonds. The largest absolute Gasteiger partial charge is 0.375 e. The molecule has 0 spiro atoms. The summed E-state index contributed by atoms with van der Waals surface area (Å²) in [4.78, 5) is 0. The fourth-order valence-corrected chi connectivity index (χ4v) is 2.88. The van der Waals surface area contributed by atoms with Crippen LogP contribution >= 0.6 is 0 Å². The van der Waals surface area contributed by atoms with Crippen molar-refractivity contribution in [3.63, 3.8) is 0 Å². The van der Waals surface area contributed by atoms with Gasteiger partial charge in [-0.3, -0.25) is 0 Å². The monoisotopic (exact) mass is 193 g/mol. The highest BCUT2D eigenvalue weighted by Gasteiger charge is 2.38. The zero-order chi connectivity index (χ0) is 10.0. The molecule has 2 heteroatoms. The molecule has 1 saturated carbocycles. The molecule has 1 heterocycles. The van der Waals surface area contributed by atoms with Gasteiger partial charge in [0, 0.05) is 0 Å². The highest BCUT2D eigenvalue weighted by atomic mass is 16.5.